The summed E-state index contributed by atoms with van der Waals surface area (Å²) in [5.74, 6) is 5.58. The molecule has 0 aliphatic heterocycles. The van der Waals surface area contributed by atoms with Crippen molar-refractivity contribution in [1.82, 2.24) is 15.4 Å². The van der Waals surface area contributed by atoms with Crippen molar-refractivity contribution in [3.8, 4) is 0 Å². The van der Waals surface area contributed by atoms with Crippen LogP contribution in [0.4, 0.5) is 0 Å². The molecule has 0 radical (unpaired) electrons. The number of rotatable bonds is 5. The monoisotopic (exact) mass is 222 g/mol. The van der Waals surface area contributed by atoms with Crippen LogP contribution in [0.2, 0.25) is 0 Å². The number of hydrogen-bond acceptors (Lipinski definition) is 5. The molecule has 1 aliphatic rings. The van der Waals surface area contributed by atoms with Gasteiger partial charge in [-0.1, -0.05) is 0 Å². The first kappa shape index (κ1) is 11.4. The van der Waals surface area contributed by atoms with Crippen LogP contribution in [0.1, 0.15) is 37.3 Å². The first-order valence-electron chi connectivity index (χ1n) is 5.56. The summed E-state index contributed by atoms with van der Waals surface area (Å²) in [5.41, 5.74) is 3.82. The van der Waals surface area contributed by atoms with Gasteiger partial charge in [-0.25, -0.2) is 9.97 Å². The molecule has 0 aromatic carbocycles. The maximum absolute atomic E-state index is 5.59. The third kappa shape index (κ3) is 2.21. The fourth-order valence-electron chi connectivity index (χ4n) is 2.20. The molecule has 88 valence electrons. The molecule has 0 amide bonds. The molecular weight excluding hydrogens is 204 g/mol. The van der Waals surface area contributed by atoms with Gasteiger partial charge in [0.05, 0.1) is 11.6 Å². The lowest BCUT2D eigenvalue weighted by molar-refractivity contribution is -0.0838. The predicted molar refractivity (Wildman–Crippen MR) is 60.3 cm³/mol. The van der Waals surface area contributed by atoms with E-state index in [0.29, 0.717) is 0 Å². The number of aromatic nitrogens is 2. The summed E-state index contributed by atoms with van der Waals surface area (Å²) in [6.07, 6.45) is 9.42. The number of ether oxygens (including phenoxy) is 1. The van der Waals surface area contributed by atoms with Gasteiger partial charge < -0.3 is 4.74 Å². The molecular formula is C11H18N4O. The minimum Gasteiger partial charge on any atom is -0.378 e. The van der Waals surface area contributed by atoms with Gasteiger partial charge in [-0.3, -0.25) is 11.3 Å². The highest BCUT2D eigenvalue weighted by molar-refractivity contribution is 5.11. The van der Waals surface area contributed by atoms with Crippen LogP contribution in [0, 0.1) is 0 Å². The van der Waals surface area contributed by atoms with Gasteiger partial charge in [-0.15, -0.1) is 0 Å². The zero-order chi connectivity index (χ0) is 11.4. The summed E-state index contributed by atoms with van der Waals surface area (Å²) in [7, 11) is 1.77. The van der Waals surface area contributed by atoms with E-state index in [1.807, 2.05) is 0 Å². The number of nitrogens with zero attached hydrogens (tertiary/aromatic N) is 2. The Kier molecular flexibility index (Phi) is 3.48. The topological polar surface area (TPSA) is 73.1 Å². The smallest absolute Gasteiger partial charge is 0.115 e. The van der Waals surface area contributed by atoms with E-state index >= 15 is 0 Å². The second kappa shape index (κ2) is 4.86. The predicted octanol–water partition coefficient (Wildman–Crippen LogP) is 0.940. The molecule has 1 aromatic heterocycles. The molecule has 1 heterocycles. The van der Waals surface area contributed by atoms with Crippen molar-refractivity contribution in [3.63, 3.8) is 0 Å². The maximum atomic E-state index is 5.59. The van der Waals surface area contributed by atoms with Gasteiger partial charge in [0.15, 0.2) is 0 Å². The van der Waals surface area contributed by atoms with Crippen LogP contribution in [0.5, 0.6) is 0 Å². The van der Waals surface area contributed by atoms with Gasteiger partial charge >= 0.3 is 0 Å². The Morgan fingerprint density at radius 1 is 1.50 bits per heavy atom. The summed E-state index contributed by atoms with van der Waals surface area (Å²) in [5, 5.41) is 0. The average molecular weight is 222 g/mol. The van der Waals surface area contributed by atoms with Crippen LogP contribution in [-0.4, -0.2) is 22.7 Å². The van der Waals surface area contributed by atoms with Crippen molar-refractivity contribution >= 4 is 0 Å². The van der Waals surface area contributed by atoms with Crippen molar-refractivity contribution in [2.24, 2.45) is 5.84 Å². The Morgan fingerprint density at radius 2 is 2.19 bits per heavy atom. The van der Waals surface area contributed by atoms with Crippen molar-refractivity contribution in [2.45, 2.75) is 37.3 Å². The van der Waals surface area contributed by atoms with Crippen LogP contribution < -0.4 is 11.3 Å². The van der Waals surface area contributed by atoms with Gasteiger partial charge in [-0.05, 0) is 25.7 Å². The van der Waals surface area contributed by atoms with Crippen LogP contribution in [0.3, 0.4) is 0 Å². The molecule has 5 nitrogen and oxygen atoms in total. The first-order valence-corrected chi connectivity index (χ1v) is 5.56. The lowest BCUT2D eigenvalue weighted by Gasteiger charge is -2.42. The van der Waals surface area contributed by atoms with Crippen molar-refractivity contribution in [2.75, 3.05) is 7.11 Å². The maximum Gasteiger partial charge on any atom is 0.115 e. The second-order valence-corrected chi connectivity index (χ2v) is 4.34. The standard InChI is InChI=1S/C11H18N4O/c1-16-11(3-2-4-11)5-10(15-12)9-6-13-8-14-7-9/h6-8,10,15H,2-5,12H2,1H3. The molecule has 1 aliphatic carbocycles. The SMILES string of the molecule is COC1(CC(NN)c2cncnc2)CCC1. The summed E-state index contributed by atoms with van der Waals surface area (Å²) < 4.78 is 5.59. The number of hydrogen-bond donors (Lipinski definition) is 2. The van der Waals surface area contributed by atoms with Crippen molar-refractivity contribution < 1.29 is 4.74 Å². The van der Waals surface area contributed by atoms with Crippen LogP contribution in [0.15, 0.2) is 18.7 Å². The number of hydrazine groups is 1. The van der Waals surface area contributed by atoms with Crippen molar-refractivity contribution in [3.05, 3.63) is 24.3 Å². The van der Waals surface area contributed by atoms with Gasteiger partial charge in [0.1, 0.15) is 6.33 Å². The fourth-order valence-corrected chi connectivity index (χ4v) is 2.20. The molecule has 5 heteroatoms. The van der Waals surface area contributed by atoms with E-state index in [-0.39, 0.29) is 11.6 Å². The lowest BCUT2D eigenvalue weighted by Crippen LogP contribution is -2.44. The van der Waals surface area contributed by atoms with Gasteiger partial charge in [0.25, 0.3) is 0 Å². The van der Waals surface area contributed by atoms with Crippen molar-refractivity contribution in [1.29, 1.82) is 0 Å². The summed E-state index contributed by atoms with van der Waals surface area (Å²) >= 11 is 0. The second-order valence-electron chi connectivity index (χ2n) is 4.34. The normalized spacial score (nSPS) is 20.1. The van der Waals surface area contributed by atoms with E-state index in [4.69, 9.17) is 10.6 Å². The van der Waals surface area contributed by atoms with Gasteiger partial charge in [0.2, 0.25) is 0 Å². The van der Waals surface area contributed by atoms with Crippen LogP contribution >= 0.6 is 0 Å². The summed E-state index contributed by atoms with van der Waals surface area (Å²) in [6, 6.07) is 0.0569. The van der Waals surface area contributed by atoms with E-state index in [1.54, 1.807) is 19.5 Å². The Balaban J connectivity index is 2.06. The fraction of sp³-hybridized carbons (Fsp3) is 0.636. The Labute approximate surface area is 95.4 Å². The highest BCUT2D eigenvalue weighted by Crippen LogP contribution is 2.41. The average Bonchev–Trinajstić information content (AvgIpc) is 2.30. The highest BCUT2D eigenvalue weighted by Gasteiger charge is 2.39. The molecule has 1 unspecified atom stereocenters. The van der Waals surface area contributed by atoms with E-state index < -0.39 is 0 Å². The number of nitrogens with one attached hydrogen (secondary N) is 1. The molecule has 2 rings (SSSR count). The van der Waals surface area contributed by atoms with Gasteiger partial charge in [-0.2, -0.15) is 0 Å². The molecule has 0 saturated heterocycles. The molecule has 0 bridgehead atoms. The third-order valence-electron chi connectivity index (χ3n) is 3.46. The molecule has 1 fully saturated rings. The Hall–Kier alpha value is -1.04. The minimum absolute atomic E-state index is 0.00707. The van der Waals surface area contributed by atoms with Gasteiger partial charge in [0, 0.05) is 25.1 Å². The zero-order valence-corrected chi connectivity index (χ0v) is 9.52. The van der Waals surface area contributed by atoms with E-state index in [0.717, 1.165) is 24.8 Å². The minimum atomic E-state index is -0.00707. The summed E-state index contributed by atoms with van der Waals surface area (Å²) in [6.45, 7) is 0. The lowest BCUT2D eigenvalue weighted by atomic mass is 9.75. The largest absolute Gasteiger partial charge is 0.378 e. The van der Waals surface area contributed by atoms with E-state index in [9.17, 15) is 0 Å². The molecule has 1 atom stereocenters. The van der Waals surface area contributed by atoms with E-state index in [2.05, 4.69) is 15.4 Å². The van der Waals surface area contributed by atoms with Crippen LogP contribution in [-0.2, 0) is 4.74 Å². The Bertz CT molecular complexity index is 321. The molecule has 1 aromatic rings. The highest BCUT2D eigenvalue weighted by atomic mass is 16.5. The number of methoxy groups -OCH3 is 1. The molecule has 16 heavy (non-hydrogen) atoms. The zero-order valence-electron chi connectivity index (χ0n) is 9.52. The quantitative estimate of drug-likeness (QED) is 0.573. The first-order chi connectivity index (χ1) is 7.79. The Morgan fingerprint density at radius 3 is 2.62 bits per heavy atom. The van der Waals surface area contributed by atoms with E-state index in [1.165, 1.54) is 12.7 Å². The molecule has 3 N–H and O–H groups in total. The summed E-state index contributed by atoms with van der Waals surface area (Å²) in [4.78, 5) is 8.01. The van der Waals surface area contributed by atoms with Crippen LogP contribution in [0.25, 0.3) is 0 Å². The number of nitrogens with two attached hydrogens (primary N) is 1. The molecule has 1 saturated carbocycles. The molecule has 0 spiro atoms. The third-order valence-corrected chi connectivity index (χ3v) is 3.46.